The van der Waals surface area contributed by atoms with Gasteiger partial charge in [-0.3, -0.25) is 0 Å². The first kappa shape index (κ1) is 24.6. The van der Waals surface area contributed by atoms with Crippen molar-refractivity contribution in [2.24, 2.45) is 7.05 Å². The van der Waals surface area contributed by atoms with Crippen LogP contribution in [0.1, 0.15) is 46.2 Å². The van der Waals surface area contributed by atoms with Crippen molar-refractivity contribution in [1.82, 2.24) is 19.5 Å². The molecule has 2 N–H and O–H groups in total. The van der Waals surface area contributed by atoms with Crippen LogP contribution in [0, 0.1) is 6.92 Å². The number of H-pyrrole nitrogens is 1. The van der Waals surface area contributed by atoms with Gasteiger partial charge in [0.1, 0.15) is 11.6 Å². The fourth-order valence-corrected chi connectivity index (χ4v) is 5.44. The first-order valence-electron chi connectivity index (χ1n) is 13.3. The molecule has 2 heterocycles. The summed E-state index contributed by atoms with van der Waals surface area (Å²) < 4.78 is 2.16. The van der Waals surface area contributed by atoms with E-state index in [1.807, 2.05) is 24.3 Å². The zero-order valence-corrected chi connectivity index (χ0v) is 22.3. The molecule has 0 atom stereocenters. The number of nitrogens with one attached hydrogen (secondary N) is 1. The second-order valence-electron chi connectivity index (χ2n) is 10.1. The number of benzene rings is 4. The van der Waals surface area contributed by atoms with Crippen molar-refractivity contribution in [3.63, 3.8) is 0 Å². The van der Waals surface area contributed by atoms with Crippen LogP contribution >= 0.6 is 0 Å². The Kier molecular flexibility index (Phi) is 6.23. The first-order valence-corrected chi connectivity index (χ1v) is 13.3. The standard InChI is InChI=1S/C33H30N4O2/c1-4-8-29-34-27-19-24(17-20(2)30(27)35-29)32-36-31-23(9-7-12-28(31)37(32)3)18-21-13-15-22(16-14-21)25-10-5-6-11-26(25)33(38)39/h5-7,9-17,19H,4,8,18H2,1-3H3,(H,34,35)(H,38,39). The molecule has 6 heteroatoms. The number of aromatic amines is 1. The topological polar surface area (TPSA) is 83.8 Å². The van der Waals surface area contributed by atoms with Gasteiger partial charge in [-0.1, -0.05) is 61.5 Å². The van der Waals surface area contributed by atoms with E-state index in [2.05, 4.69) is 72.9 Å². The molecule has 0 saturated heterocycles. The number of hydrogen-bond acceptors (Lipinski definition) is 3. The van der Waals surface area contributed by atoms with Crippen molar-refractivity contribution >= 4 is 28.0 Å². The summed E-state index contributed by atoms with van der Waals surface area (Å²) in [6.07, 6.45) is 2.72. The average Bonchev–Trinajstić information content (AvgIpc) is 3.51. The van der Waals surface area contributed by atoms with Gasteiger partial charge in [0, 0.05) is 19.0 Å². The Bertz CT molecular complexity index is 1840. The zero-order chi connectivity index (χ0) is 27.1. The summed E-state index contributed by atoms with van der Waals surface area (Å²) in [6.45, 7) is 4.27. The first-order chi connectivity index (χ1) is 18.9. The van der Waals surface area contributed by atoms with Crippen molar-refractivity contribution in [2.45, 2.75) is 33.1 Å². The van der Waals surface area contributed by atoms with E-state index in [9.17, 15) is 9.90 Å². The molecule has 0 aliphatic carbocycles. The summed E-state index contributed by atoms with van der Waals surface area (Å²) in [6, 6.07) is 25.9. The minimum atomic E-state index is -0.921. The molecule has 0 unspecified atom stereocenters. The lowest BCUT2D eigenvalue weighted by atomic mass is 9.97. The fourth-order valence-electron chi connectivity index (χ4n) is 5.44. The van der Waals surface area contributed by atoms with Gasteiger partial charge in [-0.05, 0) is 71.8 Å². The number of rotatable bonds is 7. The fraction of sp³-hybridized carbons (Fsp3) is 0.182. The van der Waals surface area contributed by atoms with Gasteiger partial charge in [-0.2, -0.15) is 0 Å². The van der Waals surface area contributed by atoms with Crippen LogP contribution in [0.3, 0.4) is 0 Å². The Morgan fingerprint density at radius 2 is 1.72 bits per heavy atom. The molecule has 0 saturated carbocycles. The van der Waals surface area contributed by atoms with Gasteiger partial charge in [-0.15, -0.1) is 0 Å². The van der Waals surface area contributed by atoms with Crippen LogP contribution in [0.4, 0.5) is 0 Å². The number of hydrogen-bond donors (Lipinski definition) is 2. The number of aryl methyl sites for hydroxylation is 3. The van der Waals surface area contributed by atoms with E-state index < -0.39 is 5.97 Å². The lowest BCUT2D eigenvalue weighted by Crippen LogP contribution is -1.99. The quantitative estimate of drug-likeness (QED) is 0.234. The number of aromatic nitrogens is 4. The van der Waals surface area contributed by atoms with Crippen molar-refractivity contribution in [2.75, 3.05) is 0 Å². The molecule has 0 fully saturated rings. The third-order valence-electron chi connectivity index (χ3n) is 7.38. The molecule has 0 bridgehead atoms. The number of fused-ring (bicyclic) bond motifs is 2. The Hall–Kier alpha value is -4.71. The van der Waals surface area contributed by atoms with Crippen molar-refractivity contribution in [3.05, 3.63) is 107 Å². The zero-order valence-electron chi connectivity index (χ0n) is 22.3. The summed E-state index contributed by atoms with van der Waals surface area (Å²) in [4.78, 5) is 25.1. The molecule has 0 aliphatic rings. The molecule has 194 valence electrons. The largest absolute Gasteiger partial charge is 0.478 e. The number of carbonyl (C=O) groups is 1. The van der Waals surface area contributed by atoms with Crippen molar-refractivity contribution < 1.29 is 9.90 Å². The third-order valence-corrected chi connectivity index (χ3v) is 7.38. The van der Waals surface area contributed by atoms with E-state index in [1.54, 1.807) is 12.1 Å². The highest BCUT2D eigenvalue weighted by Gasteiger charge is 2.16. The maximum Gasteiger partial charge on any atom is 0.336 e. The predicted molar refractivity (Wildman–Crippen MR) is 156 cm³/mol. The summed E-state index contributed by atoms with van der Waals surface area (Å²) in [5, 5.41) is 9.56. The van der Waals surface area contributed by atoms with Crippen molar-refractivity contribution in [3.8, 4) is 22.5 Å². The molecule has 4 aromatic carbocycles. The number of carboxylic acid groups (broad SMARTS) is 1. The van der Waals surface area contributed by atoms with Gasteiger partial charge < -0.3 is 14.7 Å². The predicted octanol–water partition coefficient (Wildman–Crippen LogP) is 7.33. The molecule has 39 heavy (non-hydrogen) atoms. The smallest absolute Gasteiger partial charge is 0.336 e. The molecule has 0 radical (unpaired) electrons. The molecule has 2 aromatic heterocycles. The Morgan fingerprint density at radius 1 is 0.923 bits per heavy atom. The average molecular weight is 515 g/mol. The normalized spacial score (nSPS) is 11.5. The lowest BCUT2D eigenvalue weighted by Gasteiger charge is -2.08. The summed E-state index contributed by atoms with van der Waals surface area (Å²) in [5.74, 6) is 1.03. The molecule has 6 aromatic rings. The van der Waals surface area contributed by atoms with E-state index in [-0.39, 0.29) is 0 Å². The van der Waals surface area contributed by atoms with Crippen LogP contribution < -0.4 is 0 Å². The van der Waals surface area contributed by atoms with E-state index in [1.165, 1.54) is 0 Å². The monoisotopic (exact) mass is 514 g/mol. The second kappa shape index (κ2) is 9.87. The minimum Gasteiger partial charge on any atom is -0.478 e. The second-order valence-corrected chi connectivity index (χ2v) is 10.1. The molecular weight excluding hydrogens is 484 g/mol. The Balaban J connectivity index is 1.35. The number of carboxylic acids is 1. The van der Waals surface area contributed by atoms with Crippen LogP contribution in [0.25, 0.3) is 44.6 Å². The van der Waals surface area contributed by atoms with Gasteiger partial charge >= 0.3 is 5.97 Å². The summed E-state index contributed by atoms with van der Waals surface area (Å²) in [5.41, 5.74) is 10.6. The van der Waals surface area contributed by atoms with Crippen molar-refractivity contribution in [1.29, 1.82) is 0 Å². The number of nitrogens with zero attached hydrogens (tertiary/aromatic N) is 3. The number of aromatic carboxylic acids is 1. The minimum absolute atomic E-state index is 0.307. The molecule has 0 amide bonds. The molecule has 0 spiro atoms. The van der Waals surface area contributed by atoms with E-state index in [0.717, 1.165) is 86.4 Å². The number of imidazole rings is 2. The van der Waals surface area contributed by atoms with E-state index in [0.29, 0.717) is 5.56 Å². The highest BCUT2D eigenvalue weighted by atomic mass is 16.4. The molecule has 0 aliphatic heterocycles. The number of para-hydroxylation sites is 1. The Morgan fingerprint density at radius 3 is 2.49 bits per heavy atom. The molecule has 6 rings (SSSR count). The van der Waals surface area contributed by atoms with Gasteiger partial charge in [-0.25, -0.2) is 14.8 Å². The maximum atomic E-state index is 11.7. The lowest BCUT2D eigenvalue weighted by molar-refractivity contribution is 0.0697. The SMILES string of the molecule is CCCc1nc2c(C)cc(-c3nc4c(Cc5ccc(-c6ccccc6C(=O)O)cc5)cccc4n3C)cc2[nH]1. The summed E-state index contributed by atoms with van der Waals surface area (Å²) in [7, 11) is 2.07. The molecule has 6 nitrogen and oxygen atoms in total. The summed E-state index contributed by atoms with van der Waals surface area (Å²) >= 11 is 0. The van der Waals surface area contributed by atoms with E-state index >= 15 is 0 Å². The van der Waals surface area contributed by atoms with Crippen LogP contribution in [0.15, 0.2) is 78.9 Å². The maximum absolute atomic E-state index is 11.7. The van der Waals surface area contributed by atoms with Gasteiger partial charge in [0.25, 0.3) is 0 Å². The van der Waals surface area contributed by atoms with Crippen LogP contribution in [-0.4, -0.2) is 30.6 Å². The van der Waals surface area contributed by atoms with Crippen LogP contribution in [-0.2, 0) is 19.9 Å². The van der Waals surface area contributed by atoms with Gasteiger partial charge in [0.15, 0.2) is 0 Å². The van der Waals surface area contributed by atoms with Crippen LogP contribution in [0.2, 0.25) is 0 Å². The van der Waals surface area contributed by atoms with Gasteiger partial charge in [0.05, 0.1) is 27.6 Å². The van der Waals surface area contributed by atoms with Crippen LogP contribution in [0.5, 0.6) is 0 Å². The highest BCUT2D eigenvalue weighted by Crippen LogP contribution is 2.31. The highest BCUT2D eigenvalue weighted by molar-refractivity contribution is 5.96. The molecular formula is C33H30N4O2. The van der Waals surface area contributed by atoms with E-state index in [4.69, 9.17) is 9.97 Å². The third kappa shape index (κ3) is 4.48. The Labute approximate surface area is 227 Å². The van der Waals surface area contributed by atoms with Gasteiger partial charge in [0.2, 0.25) is 0 Å².